The third-order valence-electron chi connectivity index (χ3n) is 2.86. The van der Waals surface area contributed by atoms with Gasteiger partial charge in [-0.05, 0) is 19.9 Å². The van der Waals surface area contributed by atoms with E-state index in [-0.39, 0.29) is 18.0 Å². The number of nitrogens with one attached hydrogen (secondary N) is 1. The zero-order chi connectivity index (χ0) is 14.3. The van der Waals surface area contributed by atoms with Gasteiger partial charge in [0.15, 0.2) is 0 Å². The highest BCUT2D eigenvalue weighted by molar-refractivity contribution is 5.81. The summed E-state index contributed by atoms with van der Waals surface area (Å²) in [5.41, 5.74) is 0. The van der Waals surface area contributed by atoms with Crippen molar-refractivity contribution in [3.05, 3.63) is 18.5 Å². The van der Waals surface area contributed by atoms with Gasteiger partial charge in [-0.2, -0.15) is 10.4 Å². The minimum Gasteiger partial charge on any atom is -0.343 e. The van der Waals surface area contributed by atoms with Gasteiger partial charge in [0.25, 0.3) is 0 Å². The Bertz CT molecular complexity index is 423. The summed E-state index contributed by atoms with van der Waals surface area (Å²) in [7, 11) is 1.72. The highest BCUT2D eigenvalue weighted by atomic mass is 16.2. The highest BCUT2D eigenvalue weighted by Gasteiger charge is 2.18. The van der Waals surface area contributed by atoms with Crippen molar-refractivity contribution in [3.63, 3.8) is 0 Å². The van der Waals surface area contributed by atoms with Crippen LogP contribution in [0.25, 0.3) is 0 Å². The van der Waals surface area contributed by atoms with E-state index < -0.39 is 0 Å². The van der Waals surface area contributed by atoms with Crippen LogP contribution in [0.4, 0.5) is 0 Å². The maximum Gasteiger partial charge on any atom is 0.239 e. The standard InChI is InChI=1S/C13H21N5O/c1-11(10-18-9-5-7-15-18)16-12(2)13(19)17(3)8-4-6-14/h5,7,9,11-12,16H,4,8,10H2,1-3H3/t11-,12+/m1/s1. The summed E-state index contributed by atoms with van der Waals surface area (Å²) in [6.45, 7) is 5.03. The molecule has 0 saturated heterocycles. The van der Waals surface area contributed by atoms with Gasteiger partial charge in [0, 0.05) is 32.0 Å². The van der Waals surface area contributed by atoms with Crippen LogP contribution >= 0.6 is 0 Å². The lowest BCUT2D eigenvalue weighted by Gasteiger charge is -2.24. The van der Waals surface area contributed by atoms with Crippen molar-refractivity contribution < 1.29 is 4.79 Å². The van der Waals surface area contributed by atoms with Crippen molar-refractivity contribution in [3.8, 4) is 6.07 Å². The quantitative estimate of drug-likeness (QED) is 0.782. The van der Waals surface area contributed by atoms with E-state index in [1.165, 1.54) is 0 Å². The molecular formula is C13H21N5O. The molecule has 1 aromatic rings. The van der Waals surface area contributed by atoms with E-state index in [0.29, 0.717) is 19.5 Å². The number of likely N-dealkylation sites (N-methyl/N-ethyl adjacent to an activating group) is 1. The molecule has 2 atom stereocenters. The molecule has 0 bridgehead atoms. The van der Waals surface area contributed by atoms with Crippen LogP contribution in [0.2, 0.25) is 0 Å². The molecule has 6 heteroatoms. The van der Waals surface area contributed by atoms with Gasteiger partial charge in [-0.15, -0.1) is 0 Å². The molecule has 0 aliphatic rings. The van der Waals surface area contributed by atoms with Gasteiger partial charge < -0.3 is 10.2 Å². The number of carbonyl (C=O) groups is 1. The summed E-state index contributed by atoms with van der Waals surface area (Å²) < 4.78 is 1.83. The van der Waals surface area contributed by atoms with Gasteiger partial charge in [-0.25, -0.2) is 0 Å². The van der Waals surface area contributed by atoms with Gasteiger partial charge in [0.1, 0.15) is 0 Å². The van der Waals surface area contributed by atoms with Crippen molar-refractivity contribution >= 4 is 5.91 Å². The second-order valence-corrected chi connectivity index (χ2v) is 4.69. The highest BCUT2D eigenvalue weighted by Crippen LogP contribution is 1.97. The van der Waals surface area contributed by atoms with E-state index >= 15 is 0 Å². The van der Waals surface area contributed by atoms with Crippen LogP contribution in [0.1, 0.15) is 20.3 Å². The fourth-order valence-electron chi connectivity index (χ4n) is 1.90. The fourth-order valence-corrected chi connectivity index (χ4v) is 1.90. The Balaban J connectivity index is 2.38. The first-order chi connectivity index (χ1) is 9.04. The van der Waals surface area contributed by atoms with E-state index in [1.807, 2.05) is 36.9 Å². The third kappa shape index (κ3) is 5.10. The Labute approximate surface area is 114 Å². The fraction of sp³-hybridized carbons (Fsp3) is 0.615. The Morgan fingerprint density at radius 1 is 1.58 bits per heavy atom. The maximum absolute atomic E-state index is 12.0. The monoisotopic (exact) mass is 263 g/mol. The summed E-state index contributed by atoms with van der Waals surface area (Å²) in [5, 5.41) is 15.9. The number of nitrogens with zero attached hydrogens (tertiary/aromatic N) is 4. The number of hydrogen-bond donors (Lipinski definition) is 1. The molecule has 0 unspecified atom stereocenters. The maximum atomic E-state index is 12.0. The van der Waals surface area contributed by atoms with Gasteiger partial charge in [-0.1, -0.05) is 0 Å². The van der Waals surface area contributed by atoms with Crippen LogP contribution in [-0.2, 0) is 11.3 Å². The minimum atomic E-state index is -0.269. The molecule has 19 heavy (non-hydrogen) atoms. The second-order valence-electron chi connectivity index (χ2n) is 4.69. The van der Waals surface area contributed by atoms with Crippen molar-refractivity contribution in [1.29, 1.82) is 5.26 Å². The molecule has 0 aliphatic heterocycles. The topological polar surface area (TPSA) is 74.0 Å². The van der Waals surface area contributed by atoms with E-state index in [1.54, 1.807) is 18.1 Å². The lowest BCUT2D eigenvalue weighted by atomic mass is 10.2. The lowest BCUT2D eigenvalue weighted by Crippen LogP contribution is -2.47. The predicted molar refractivity (Wildman–Crippen MR) is 72.2 cm³/mol. The average molecular weight is 263 g/mol. The van der Waals surface area contributed by atoms with Gasteiger partial charge >= 0.3 is 0 Å². The Hall–Kier alpha value is -1.87. The lowest BCUT2D eigenvalue weighted by molar-refractivity contribution is -0.131. The molecule has 0 radical (unpaired) electrons. The van der Waals surface area contributed by atoms with E-state index in [2.05, 4.69) is 10.4 Å². The zero-order valence-electron chi connectivity index (χ0n) is 11.7. The van der Waals surface area contributed by atoms with Crippen LogP contribution < -0.4 is 5.32 Å². The van der Waals surface area contributed by atoms with Gasteiger partial charge in [0.05, 0.1) is 25.1 Å². The number of amides is 1. The molecule has 0 aliphatic carbocycles. The Morgan fingerprint density at radius 2 is 2.32 bits per heavy atom. The number of hydrogen-bond acceptors (Lipinski definition) is 4. The van der Waals surface area contributed by atoms with E-state index in [9.17, 15) is 4.79 Å². The molecule has 0 fully saturated rings. The number of nitriles is 1. The molecule has 1 heterocycles. The first kappa shape index (κ1) is 15.2. The molecule has 6 nitrogen and oxygen atoms in total. The molecule has 0 aromatic carbocycles. The van der Waals surface area contributed by atoms with Crippen LogP contribution in [0.3, 0.4) is 0 Å². The summed E-state index contributed by atoms with van der Waals surface area (Å²) in [6, 6.07) is 3.78. The van der Waals surface area contributed by atoms with Gasteiger partial charge in [-0.3, -0.25) is 9.48 Å². The summed E-state index contributed by atoms with van der Waals surface area (Å²) >= 11 is 0. The SMILES string of the molecule is C[C@H](Cn1cccn1)N[C@@H](C)C(=O)N(C)CCC#N. The van der Waals surface area contributed by atoms with Crippen molar-refractivity contribution in [1.82, 2.24) is 20.0 Å². The third-order valence-corrected chi connectivity index (χ3v) is 2.86. The van der Waals surface area contributed by atoms with Crippen LogP contribution in [0, 0.1) is 11.3 Å². The molecule has 0 spiro atoms. The van der Waals surface area contributed by atoms with Crippen LogP contribution in [0.15, 0.2) is 18.5 Å². The molecule has 1 aromatic heterocycles. The van der Waals surface area contributed by atoms with Crippen molar-refractivity contribution in [2.75, 3.05) is 13.6 Å². The molecule has 1 rings (SSSR count). The van der Waals surface area contributed by atoms with Crippen LogP contribution in [0.5, 0.6) is 0 Å². The van der Waals surface area contributed by atoms with E-state index in [0.717, 1.165) is 0 Å². The smallest absolute Gasteiger partial charge is 0.239 e. The number of aromatic nitrogens is 2. The Kier molecular flexibility index (Phi) is 6.03. The summed E-state index contributed by atoms with van der Waals surface area (Å²) in [6.07, 6.45) is 3.98. The second kappa shape index (κ2) is 7.54. The molecular weight excluding hydrogens is 242 g/mol. The first-order valence-corrected chi connectivity index (χ1v) is 6.40. The summed E-state index contributed by atoms with van der Waals surface area (Å²) in [4.78, 5) is 13.6. The zero-order valence-corrected chi connectivity index (χ0v) is 11.7. The van der Waals surface area contributed by atoms with Crippen molar-refractivity contribution in [2.45, 2.75) is 38.9 Å². The minimum absolute atomic E-state index is 0.00238. The van der Waals surface area contributed by atoms with Crippen LogP contribution in [-0.4, -0.2) is 46.3 Å². The average Bonchev–Trinajstić information content (AvgIpc) is 2.87. The number of carbonyl (C=O) groups excluding carboxylic acids is 1. The number of rotatable bonds is 7. The molecule has 1 amide bonds. The normalized spacial score (nSPS) is 13.6. The summed E-state index contributed by atoms with van der Waals surface area (Å²) in [5.74, 6) is 0.00238. The predicted octanol–water partition coefficient (Wildman–Crippen LogP) is 0.622. The Morgan fingerprint density at radius 3 is 2.89 bits per heavy atom. The molecule has 0 saturated carbocycles. The molecule has 104 valence electrons. The first-order valence-electron chi connectivity index (χ1n) is 6.40. The van der Waals surface area contributed by atoms with Crippen molar-refractivity contribution in [2.24, 2.45) is 0 Å². The van der Waals surface area contributed by atoms with Gasteiger partial charge in [0.2, 0.25) is 5.91 Å². The molecule has 1 N–H and O–H groups in total. The largest absolute Gasteiger partial charge is 0.343 e. The van der Waals surface area contributed by atoms with E-state index in [4.69, 9.17) is 5.26 Å².